The second kappa shape index (κ2) is 9.44. The Labute approximate surface area is 198 Å². The molecule has 0 amide bonds. The second-order valence-electron chi connectivity index (χ2n) is 8.24. The molecule has 0 saturated carbocycles. The first-order chi connectivity index (χ1) is 15.7. The van der Waals surface area contributed by atoms with Crippen LogP contribution in [0.3, 0.4) is 0 Å². The molecule has 1 fully saturated rings. The van der Waals surface area contributed by atoms with Gasteiger partial charge < -0.3 is 20.4 Å². The maximum absolute atomic E-state index is 14.4. The zero-order valence-electron chi connectivity index (χ0n) is 18.1. The van der Waals surface area contributed by atoms with E-state index in [1.807, 2.05) is 0 Å². The van der Waals surface area contributed by atoms with E-state index < -0.39 is 17.8 Å². The summed E-state index contributed by atoms with van der Waals surface area (Å²) in [6.07, 6.45) is 2.14. The lowest BCUT2D eigenvalue weighted by molar-refractivity contribution is -0.120. The number of nitrogens with one attached hydrogen (secondary N) is 3. The fourth-order valence-electron chi connectivity index (χ4n) is 4.06. The maximum Gasteiger partial charge on any atom is 0.326 e. The number of aromatic nitrogens is 4. The molecule has 0 bridgehead atoms. The zero-order valence-corrected chi connectivity index (χ0v) is 19.6. The first kappa shape index (κ1) is 23.7. The number of ether oxygens (including phenoxy) is 1. The lowest BCUT2D eigenvalue weighted by Crippen LogP contribution is -2.50. The highest BCUT2D eigenvalue weighted by Crippen LogP contribution is 2.37. The van der Waals surface area contributed by atoms with Gasteiger partial charge in [-0.05, 0) is 30.5 Å². The molecule has 0 radical (unpaired) electrons. The number of hydrogen-bond donors (Lipinski definition) is 3. The third-order valence-corrected chi connectivity index (χ3v) is 6.39. The summed E-state index contributed by atoms with van der Waals surface area (Å²) in [5.74, 6) is -3.42. The molecule has 3 heterocycles. The van der Waals surface area contributed by atoms with E-state index >= 15 is 0 Å². The summed E-state index contributed by atoms with van der Waals surface area (Å²) < 4.78 is 36.3. The largest absolute Gasteiger partial charge is 0.491 e. The first-order valence-corrected chi connectivity index (χ1v) is 11.3. The van der Waals surface area contributed by atoms with Crippen molar-refractivity contribution >= 4 is 45.7 Å². The fraction of sp³-hybridized carbons (Fsp3) is 0.476. The molecular weight excluding hydrogens is 477 g/mol. The monoisotopic (exact) mass is 500 g/mol. The number of nitrogens with zero attached hydrogens (tertiary/aromatic N) is 3. The number of fused-ring (bicyclic) bond motifs is 1. The van der Waals surface area contributed by atoms with Crippen LogP contribution in [0.5, 0.6) is 5.75 Å². The van der Waals surface area contributed by atoms with Gasteiger partial charge in [0, 0.05) is 43.7 Å². The molecule has 33 heavy (non-hydrogen) atoms. The van der Waals surface area contributed by atoms with Crippen LogP contribution in [-0.2, 0) is 7.05 Å². The number of aryl methyl sites for hydroxylation is 1. The summed E-state index contributed by atoms with van der Waals surface area (Å²) in [5.41, 5.74) is 1.34. The number of H-pyrrole nitrogens is 1. The topological polar surface area (TPSA) is 96.9 Å². The highest BCUT2D eigenvalue weighted by molar-refractivity contribution is 6.33. The van der Waals surface area contributed by atoms with Gasteiger partial charge in [-0.25, -0.2) is 18.6 Å². The Morgan fingerprint density at radius 2 is 2.12 bits per heavy atom. The number of rotatable bonds is 7. The molecule has 3 aromatic rings. The molecule has 1 saturated heterocycles. The predicted molar refractivity (Wildman–Crippen MR) is 124 cm³/mol. The lowest BCUT2D eigenvalue weighted by atomic mass is 9.84. The number of alkyl halides is 2. The van der Waals surface area contributed by atoms with Gasteiger partial charge in [0.05, 0.1) is 18.3 Å². The van der Waals surface area contributed by atoms with Crippen molar-refractivity contribution in [1.82, 2.24) is 24.8 Å². The van der Waals surface area contributed by atoms with Crippen LogP contribution >= 0.6 is 23.2 Å². The number of benzene rings is 1. The fourth-order valence-corrected chi connectivity index (χ4v) is 4.33. The number of anilines is 2. The molecular formula is C21H24Cl2F2N6O2. The number of aromatic amines is 1. The number of hydrogen-bond acceptors (Lipinski definition) is 6. The Morgan fingerprint density at radius 3 is 2.91 bits per heavy atom. The van der Waals surface area contributed by atoms with Crippen molar-refractivity contribution in [3.05, 3.63) is 39.1 Å². The van der Waals surface area contributed by atoms with Gasteiger partial charge in [0.25, 0.3) is 5.92 Å². The summed E-state index contributed by atoms with van der Waals surface area (Å²) >= 11 is 12.0. The smallest absolute Gasteiger partial charge is 0.326 e. The minimum atomic E-state index is -2.70. The summed E-state index contributed by atoms with van der Waals surface area (Å²) in [5, 5.41) is 6.40. The van der Waals surface area contributed by atoms with Gasteiger partial charge in [-0.2, -0.15) is 4.98 Å². The van der Waals surface area contributed by atoms with Crippen molar-refractivity contribution in [2.24, 2.45) is 18.9 Å². The molecule has 1 aliphatic heterocycles. The van der Waals surface area contributed by atoms with Crippen molar-refractivity contribution in [2.45, 2.75) is 25.7 Å². The standard InChI is InChI=1S/C21H24Cl2F2N6O2/c1-11-8-26-9-12(21(11,24)25)4-3-5-33-16-7-13(6-15-17(16)31(2)20(32)29-15)28-18-14(22)10-27-19(23)30-18/h6-7,10-12,26H,3-5,8-9H2,1-2H3,(H,29,32)(H,27,28,30)/t11-,12+/m0/s1. The summed E-state index contributed by atoms with van der Waals surface area (Å²) in [6.45, 7) is 2.39. The van der Waals surface area contributed by atoms with E-state index in [2.05, 4.69) is 25.6 Å². The Bertz CT molecular complexity index is 1220. The second-order valence-corrected chi connectivity index (χ2v) is 8.99. The minimum absolute atomic E-state index is 0.0240. The Kier molecular flexibility index (Phi) is 6.78. The van der Waals surface area contributed by atoms with Gasteiger partial charge >= 0.3 is 5.69 Å². The quantitative estimate of drug-likeness (QED) is 0.329. The molecule has 1 aliphatic rings. The number of imidazole rings is 1. The van der Waals surface area contributed by atoms with E-state index in [0.29, 0.717) is 47.7 Å². The molecule has 8 nitrogen and oxygen atoms in total. The van der Waals surface area contributed by atoms with Gasteiger partial charge in [0.1, 0.15) is 16.3 Å². The highest BCUT2D eigenvalue weighted by atomic mass is 35.5. The van der Waals surface area contributed by atoms with E-state index in [4.69, 9.17) is 27.9 Å². The molecule has 1 aromatic carbocycles. The lowest BCUT2D eigenvalue weighted by Gasteiger charge is -2.36. The Hall–Kier alpha value is -2.43. The molecule has 0 spiro atoms. The van der Waals surface area contributed by atoms with Crippen molar-refractivity contribution in [2.75, 3.05) is 25.0 Å². The van der Waals surface area contributed by atoms with Gasteiger partial charge in [-0.1, -0.05) is 18.5 Å². The van der Waals surface area contributed by atoms with E-state index in [9.17, 15) is 13.6 Å². The molecule has 178 valence electrons. The van der Waals surface area contributed by atoms with Crippen molar-refractivity contribution in [3.63, 3.8) is 0 Å². The average Bonchev–Trinajstić information content (AvgIpc) is 3.04. The molecule has 0 unspecified atom stereocenters. The van der Waals surface area contributed by atoms with Gasteiger partial charge in [0.15, 0.2) is 5.82 Å². The van der Waals surface area contributed by atoms with Crippen molar-refractivity contribution < 1.29 is 13.5 Å². The Balaban J connectivity index is 1.52. The SMILES string of the molecule is C[C@H]1CNC[C@@H](CCCOc2cc(Nc3nc(Cl)ncc3Cl)cc3[nH]c(=O)n(C)c23)C1(F)F. The van der Waals surface area contributed by atoms with Crippen LogP contribution in [0.4, 0.5) is 20.3 Å². The molecule has 0 aliphatic carbocycles. The van der Waals surface area contributed by atoms with Crippen LogP contribution in [-0.4, -0.2) is 45.1 Å². The van der Waals surface area contributed by atoms with Crippen LogP contribution in [0.1, 0.15) is 19.8 Å². The molecule has 3 N–H and O–H groups in total. The molecule has 2 atom stereocenters. The average molecular weight is 501 g/mol. The zero-order chi connectivity index (χ0) is 23.8. The highest BCUT2D eigenvalue weighted by Gasteiger charge is 2.46. The van der Waals surface area contributed by atoms with Crippen molar-refractivity contribution in [1.29, 1.82) is 0 Å². The maximum atomic E-state index is 14.4. The summed E-state index contributed by atoms with van der Waals surface area (Å²) in [7, 11) is 1.62. The van der Waals surface area contributed by atoms with Crippen LogP contribution in [0.25, 0.3) is 11.0 Å². The molecule has 2 aromatic heterocycles. The van der Waals surface area contributed by atoms with E-state index in [-0.39, 0.29) is 29.1 Å². The molecule has 12 heteroatoms. The van der Waals surface area contributed by atoms with E-state index in [0.717, 1.165) is 0 Å². The van der Waals surface area contributed by atoms with Crippen LogP contribution in [0.2, 0.25) is 10.3 Å². The Morgan fingerprint density at radius 1 is 1.33 bits per heavy atom. The van der Waals surface area contributed by atoms with Crippen LogP contribution in [0, 0.1) is 11.8 Å². The van der Waals surface area contributed by atoms with Gasteiger partial charge in [-0.15, -0.1) is 0 Å². The number of halogens is 4. The first-order valence-electron chi connectivity index (χ1n) is 10.6. The summed E-state index contributed by atoms with van der Waals surface area (Å²) in [4.78, 5) is 22.8. The summed E-state index contributed by atoms with van der Waals surface area (Å²) in [6, 6.07) is 3.41. The van der Waals surface area contributed by atoms with Crippen LogP contribution < -0.4 is 21.1 Å². The number of piperidine rings is 1. The van der Waals surface area contributed by atoms with Gasteiger partial charge in [0.2, 0.25) is 5.28 Å². The van der Waals surface area contributed by atoms with E-state index in [1.165, 1.54) is 10.8 Å². The van der Waals surface area contributed by atoms with Crippen LogP contribution in [0.15, 0.2) is 23.1 Å². The minimum Gasteiger partial charge on any atom is -0.491 e. The van der Waals surface area contributed by atoms with Gasteiger partial charge in [-0.3, -0.25) is 4.57 Å². The van der Waals surface area contributed by atoms with E-state index in [1.54, 1.807) is 26.1 Å². The molecule has 4 rings (SSSR count). The third-order valence-electron chi connectivity index (χ3n) is 5.93. The van der Waals surface area contributed by atoms with Crippen molar-refractivity contribution in [3.8, 4) is 5.75 Å². The normalized spacial score (nSPS) is 20.2. The predicted octanol–water partition coefficient (Wildman–Crippen LogP) is 4.36. The third kappa shape index (κ3) is 4.92.